The molecule has 0 aliphatic carbocycles. The fourth-order valence-electron chi connectivity index (χ4n) is 3.03. The molecule has 0 saturated carbocycles. The van der Waals surface area contributed by atoms with Crippen molar-refractivity contribution in [3.8, 4) is 0 Å². The van der Waals surface area contributed by atoms with Gasteiger partial charge in [-0.15, -0.1) is 0 Å². The van der Waals surface area contributed by atoms with Crippen LogP contribution in [0.2, 0.25) is 0 Å². The van der Waals surface area contributed by atoms with Gasteiger partial charge in [-0.2, -0.15) is 0 Å². The summed E-state index contributed by atoms with van der Waals surface area (Å²) in [7, 11) is 0. The molecule has 0 radical (unpaired) electrons. The van der Waals surface area contributed by atoms with E-state index in [9.17, 15) is 0 Å². The highest BCUT2D eigenvalue weighted by Gasteiger charge is 1.98. The zero-order valence-corrected chi connectivity index (χ0v) is 16.3. The lowest BCUT2D eigenvalue weighted by atomic mass is 9.99. The van der Waals surface area contributed by atoms with Crippen LogP contribution >= 0.6 is 0 Å². The van der Waals surface area contributed by atoms with Crippen molar-refractivity contribution in [1.82, 2.24) is 0 Å². The second-order valence-electron chi connectivity index (χ2n) is 7.30. The molecule has 2 heteroatoms. The number of rotatable bonds is 19. The average Bonchev–Trinajstić information content (AvgIpc) is 2.57. The van der Waals surface area contributed by atoms with E-state index >= 15 is 0 Å². The third kappa shape index (κ3) is 19.9. The van der Waals surface area contributed by atoms with E-state index in [0.717, 1.165) is 19.1 Å². The Labute approximate surface area is 146 Å². The van der Waals surface area contributed by atoms with Crippen molar-refractivity contribution in [1.29, 1.82) is 0 Å². The van der Waals surface area contributed by atoms with Crippen molar-refractivity contribution in [2.24, 2.45) is 11.7 Å². The first-order chi connectivity index (χ1) is 11.3. The Morgan fingerprint density at radius 2 is 1.09 bits per heavy atom. The maximum atomic E-state index is 5.38. The quantitative estimate of drug-likeness (QED) is 0.276. The van der Waals surface area contributed by atoms with Gasteiger partial charge in [0.2, 0.25) is 0 Å². The third-order valence-corrected chi connectivity index (χ3v) is 4.94. The smallest absolute Gasteiger partial charge is 0.0588 e. The van der Waals surface area contributed by atoms with Crippen LogP contribution in [-0.2, 0) is 4.74 Å². The lowest BCUT2D eigenvalue weighted by molar-refractivity contribution is 0.137. The van der Waals surface area contributed by atoms with Gasteiger partial charge >= 0.3 is 0 Å². The maximum absolute atomic E-state index is 5.38. The predicted molar refractivity (Wildman–Crippen MR) is 104 cm³/mol. The van der Waals surface area contributed by atoms with Gasteiger partial charge in [-0.3, -0.25) is 0 Å². The first-order valence-corrected chi connectivity index (χ1v) is 10.6. The van der Waals surface area contributed by atoms with Crippen LogP contribution in [0.15, 0.2) is 0 Å². The highest BCUT2D eigenvalue weighted by Crippen LogP contribution is 2.15. The fourth-order valence-corrected chi connectivity index (χ4v) is 3.03. The molecule has 0 aromatic rings. The Balaban J connectivity index is 2.97. The molecule has 23 heavy (non-hydrogen) atoms. The summed E-state index contributed by atoms with van der Waals surface area (Å²) < 4.78 is 5.38. The summed E-state index contributed by atoms with van der Waals surface area (Å²) >= 11 is 0. The van der Waals surface area contributed by atoms with E-state index in [4.69, 9.17) is 10.5 Å². The molecule has 0 aliphatic rings. The molecule has 0 rings (SSSR count). The zero-order chi connectivity index (χ0) is 17.0. The van der Waals surface area contributed by atoms with Crippen molar-refractivity contribution >= 4 is 0 Å². The van der Waals surface area contributed by atoms with Crippen LogP contribution in [0.4, 0.5) is 0 Å². The normalized spacial score (nSPS) is 12.7. The van der Waals surface area contributed by atoms with E-state index in [1.807, 2.05) is 0 Å². The number of nitrogens with two attached hydrogens (primary N) is 1. The molecule has 0 aromatic carbocycles. The molecule has 0 saturated heterocycles. The van der Waals surface area contributed by atoms with Crippen LogP contribution in [0.3, 0.4) is 0 Å². The van der Waals surface area contributed by atoms with Crippen molar-refractivity contribution in [2.75, 3.05) is 19.8 Å². The van der Waals surface area contributed by atoms with Gasteiger partial charge in [0.15, 0.2) is 0 Å². The van der Waals surface area contributed by atoms with Crippen LogP contribution in [0.5, 0.6) is 0 Å². The minimum Gasteiger partial charge on any atom is -0.380 e. The molecule has 0 fully saturated rings. The summed E-state index contributed by atoms with van der Waals surface area (Å²) in [5.74, 6) is 0.938. The molecule has 0 spiro atoms. The molecule has 0 aromatic heterocycles. The van der Waals surface area contributed by atoms with Gasteiger partial charge < -0.3 is 10.5 Å². The molecular formula is C21H45NO. The number of unbranched alkanes of at least 4 members (excludes halogenated alkanes) is 12. The summed E-state index contributed by atoms with van der Waals surface area (Å²) in [6.45, 7) is 6.96. The molecular weight excluding hydrogens is 282 g/mol. The van der Waals surface area contributed by atoms with Gasteiger partial charge in [-0.05, 0) is 12.3 Å². The number of ether oxygens (including phenoxy) is 1. The summed E-state index contributed by atoms with van der Waals surface area (Å²) in [6.07, 6.45) is 21.2. The third-order valence-electron chi connectivity index (χ3n) is 4.94. The minimum atomic E-state index is 0.651. The van der Waals surface area contributed by atoms with E-state index in [1.165, 1.54) is 96.3 Å². The van der Waals surface area contributed by atoms with Crippen LogP contribution in [0, 0.1) is 5.92 Å². The highest BCUT2D eigenvalue weighted by molar-refractivity contribution is 4.52. The van der Waals surface area contributed by atoms with Gasteiger partial charge in [-0.25, -0.2) is 0 Å². The fraction of sp³-hybridized carbons (Fsp3) is 1.00. The molecule has 0 amide bonds. The summed E-state index contributed by atoms with van der Waals surface area (Å²) in [6, 6.07) is 0. The zero-order valence-electron chi connectivity index (χ0n) is 16.3. The largest absolute Gasteiger partial charge is 0.380 e. The molecule has 0 aliphatic heterocycles. The molecule has 1 atom stereocenters. The molecule has 2 N–H and O–H groups in total. The van der Waals surface area contributed by atoms with Crippen LogP contribution in [0.25, 0.3) is 0 Å². The average molecular weight is 328 g/mol. The Bertz CT molecular complexity index is 208. The Kier molecular flexibility index (Phi) is 19.9. The van der Waals surface area contributed by atoms with E-state index in [2.05, 4.69) is 13.8 Å². The molecule has 0 bridgehead atoms. The molecule has 140 valence electrons. The van der Waals surface area contributed by atoms with Crippen molar-refractivity contribution in [3.05, 3.63) is 0 Å². The summed E-state index contributed by atoms with van der Waals surface area (Å²) in [4.78, 5) is 0. The molecule has 2 nitrogen and oxygen atoms in total. The molecule has 1 unspecified atom stereocenters. The lowest BCUT2D eigenvalue weighted by Crippen LogP contribution is -2.08. The van der Waals surface area contributed by atoms with Crippen molar-refractivity contribution in [2.45, 2.75) is 110 Å². The first-order valence-electron chi connectivity index (χ1n) is 10.6. The lowest BCUT2D eigenvalue weighted by Gasteiger charge is -2.07. The van der Waals surface area contributed by atoms with E-state index in [0.29, 0.717) is 6.54 Å². The van der Waals surface area contributed by atoms with E-state index in [-0.39, 0.29) is 0 Å². The van der Waals surface area contributed by atoms with Gasteiger partial charge in [0, 0.05) is 13.2 Å². The van der Waals surface area contributed by atoms with Gasteiger partial charge in [0.25, 0.3) is 0 Å². The van der Waals surface area contributed by atoms with Gasteiger partial charge in [0.05, 0.1) is 6.61 Å². The van der Waals surface area contributed by atoms with Gasteiger partial charge in [0.1, 0.15) is 0 Å². The van der Waals surface area contributed by atoms with Crippen LogP contribution < -0.4 is 5.73 Å². The molecule has 0 heterocycles. The highest BCUT2D eigenvalue weighted by atomic mass is 16.5. The van der Waals surface area contributed by atoms with E-state index in [1.54, 1.807) is 0 Å². The number of hydrogen-bond acceptors (Lipinski definition) is 2. The SMILES string of the molecule is CCC(C)CCCCCCCCCCCCCCCOCCN. The summed E-state index contributed by atoms with van der Waals surface area (Å²) in [5.41, 5.74) is 5.38. The predicted octanol–water partition coefficient (Wildman–Crippen LogP) is 6.47. The second kappa shape index (κ2) is 20.0. The number of hydrogen-bond donors (Lipinski definition) is 1. The Morgan fingerprint density at radius 1 is 0.652 bits per heavy atom. The summed E-state index contributed by atoms with van der Waals surface area (Å²) in [5, 5.41) is 0. The topological polar surface area (TPSA) is 35.2 Å². The van der Waals surface area contributed by atoms with Crippen molar-refractivity contribution in [3.63, 3.8) is 0 Å². The Morgan fingerprint density at radius 3 is 1.52 bits per heavy atom. The first kappa shape index (κ1) is 22.9. The van der Waals surface area contributed by atoms with Gasteiger partial charge in [-0.1, -0.05) is 104 Å². The van der Waals surface area contributed by atoms with E-state index < -0.39 is 0 Å². The standard InChI is InChI=1S/C21H45NO/c1-3-21(2)17-15-13-11-9-7-5-4-6-8-10-12-14-16-19-23-20-18-22/h21H,3-20,22H2,1-2H3. The minimum absolute atomic E-state index is 0.651. The second-order valence-corrected chi connectivity index (χ2v) is 7.30. The van der Waals surface area contributed by atoms with Crippen LogP contribution in [0.1, 0.15) is 110 Å². The van der Waals surface area contributed by atoms with Crippen molar-refractivity contribution < 1.29 is 4.74 Å². The maximum Gasteiger partial charge on any atom is 0.0588 e. The monoisotopic (exact) mass is 327 g/mol. The Hall–Kier alpha value is -0.0800. The van der Waals surface area contributed by atoms with Crippen LogP contribution in [-0.4, -0.2) is 19.8 Å².